The molecule has 0 saturated heterocycles. The molecule has 0 unspecified atom stereocenters. The number of rotatable bonds is 0. The van der Waals surface area contributed by atoms with Crippen LogP contribution >= 0.6 is 11.6 Å². The van der Waals surface area contributed by atoms with Crippen LogP contribution in [0, 0.1) is 0 Å². The van der Waals surface area contributed by atoms with Gasteiger partial charge in [0.25, 0.3) is 0 Å². The molecule has 0 bridgehead atoms. The van der Waals surface area contributed by atoms with Crippen LogP contribution in [-0.2, 0) is 10.3 Å². The Morgan fingerprint density at radius 2 is 2.15 bits per heavy atom. The molecular weight excluding hydrogens is 214 g/mol. The number of benzene rings is 1. The van der Waals surface area contributed by atoms with E-state index < -0.39 is 10.3 Å². The SMILES string of the molecule is O=S1(=O)N=Cc2cc(Cl)ccc2O1. The van der Waals surface area contributed by atoms with E-state index in [9.17, 15) is 8.42 Å². The number of fused-ring (bicyclic) bond motifs is 1. The van der Waals surface area contributed by atoms with Crippen LogP contribution in [0.3, 0.4) is 0 Å². The summed E-state index contributed by atoms with van der Waals surface area (Å²) in [7, 11) is -3.78. The highest BCUT2D eigenvalue weighted by Gasteiger charge is 2.17. The molecule has 0 amide bonds. The first-order valence-electron chi connectivity index (χ1n) is 3.36. The van der Waals surface area contributed by atoms with Crippen LogP contribution in [0.4, 0.5) is 0 Å². The lowest BCUT2D eigenvalue weighted by Crippen LogP contribution is -2.11. The molecule has 1 aromatic rings. The predicted molar refractivity (Wildman–Crippen MR) is 48.6 cm³/mol. The van der Waals surface area contributed by atoms with Crippen LogP contribution in [-0.4, -0.2) is 14.6 Å². The maximum absolute atomic E-state index is 10.8. The highest BCUT2D eigenvalue weighted by molar-refractivity contribution is 7.86. The Hall–Kier alpha value is -1.07. The Labute approximate surface area is 80.1 Å². The number of hydrogen-bond donors (Lipinski definition) is 0. The van der Waals surface area contributed by atoms with Gasteiger partial charge in [0, 0.05) is 10.6 Å². The normalized spacial score (nSPS) is 17.6. The van der Waals surface area contributed by atoms with Crippen LogP contribution in [0.5, 0.6) is 5.75 Å². The summed E-state index contributed by atoms with van der Waals surface area (Å²) < 4.78 is 29.5. The maximum Gasteiger partial charge on any atom is 0.428 e. The first kappa shape index (κ1) is 8.52. The molecule has 2 rings (SSSR count). The van der Waals surface area contributed by atoms with Crippen molar-refractivity contribution in [1.29, 1.82) is 0 Å². The third-order valence-electron chi connectivity index (χ3n) is 1.49. The number of nitrogens with zero attached hydrogens (tertiary/aromatic N) is 1. The highest BCUT2D eigenvalue weighted by atomic mass is 35.5. The minimum atomic E-state index is -3.78. The first-order valence-corrected chi connectivity index (χ1v) is 5.10. The van der Waals surface area contributed by atoms with Gasteiger partial charge in [0.2, 0.25) is 0 Å². The average molecular weight is 218 g/mol. The molecule has 0 aliphatic carbocycles. The Morgan fingerprint density at radius 1 is 1.38 bits per heavy atom. The zero-order valence-corrected chi connectivity index (χ0v) is 7.84. The first-order chi connectivity index (χ1) is 6.07. The number of hydrogen-bond acceptors (Lipinski definition) is 3. The van der Waals surface area contributed by atoms with Crippen molar-refractivity contribution in [3.05, 3.63) is 28.8 Å². The molecule has 0 atom stereocenters. The van der Waals surface area contributed by atoms with Crippen LogP contribution in [0.25, 0.3) is 0 Å². The van der Waals surface area contributed by atoms with Crippen molar-refractivity contribution < 1.29 is 12.6 Å². The van der Waals surface area contributed by atoms with Gasteiger partial charge < -0.3 is 4.18 Å². The molecular formula is C7H4ClNO3S. The van der Waals surface area contributed by atoms with Gasteiger partial charge in [-0.1, -0.05) is 11.6 Å². The summed E-state index contributed by atoms with van der Waals surface area (Å²) in [6.45, 7) is 0. The van der Waals surface area contributed by atoms with Crippen LogP contribution in [0.15, 0.2) is 22.6 Å². The molecule has 6 heteroatoms. The van der Waals surface area contributed by atoms with Gasteiger partial charge in [-0.3, -0.25) is 0 Å². The van der Waals surface area contributed by atoms with Gasteiger partial charge in [0.1, 0.15) is 0 Å². The second kappa shape index (κ2) is 2.71. The molecule has 0 saturated carbocycles. The van der Waals surface area contributed by atoms with E-state index in [1.54, 1.807) is 12.1 Å². The van der Waals surface area contributed by atoms with Gasteiger partial charge in [0.05, 0.1) is 6.21 Å². The minimum absolute atomic E-state index is 0.249. The van der Waals surface area contributed by atoms with Crippen molar-refractivity contribution in [2.45, 2.75) is 0 Å². The summed E-state index contributed by atoms with van der Waals surface area (Å²) >= 11 is 5.68. The lowest BCUT2D eigenvalue weighted by molar-refractivity contribution is 0.485. The van der Waals surface area contributed by atoms with Gasteiger partial charge in [-0.15, -0.1) is 4.40 Å². The molecule has 1 heterocycles. The lowest BCUT2D eigenvalue weighted by Gasteiger charge is -2.10. The summed E-state index contributed by atoms with van der Waals surface area (Å²) in [5.41, 5.74) is 0.558. The fourth-order valence-electron chi connectivity index (χ4n) is 0.952. The van der Waals surface area contributed by atoms with E-state index in [0.717, 1.165) is 0 Å². The van der Waals surface area contributed by atoms with Crippen molar-refractivity contribution in [3.8, 4) is 5.75 Å². The van der Waals surface area contributed by atoms with Crippen molar-refractivity contribution in [1.82, 2.24) is 0 Å². The van der Waals surface area contributed by atoms with Gasteiger partial charge in [-0.2, -0.15) is 8.42 Å². The van der Waals surface area contributed by atoms with E-state index in [1.807, 2.05) is 0 Å². The monoisotopic (exact) mass is 217 g/mol. The van der Waals surface area contributed by atoms with Gasteiger partial charge in [-0.25, -0.2) is 0 Å². The smallest absolute Gasteiger partial charge is 0.365 e. The van der Waals surface area contributed by atoms with Crippen molar-refractivity contribution in [2.75, 3.05) is 0 Å². The summed E-state index contributed by atoms with van der Waals surface area (Å²) in [5.74, 6) is 0.249. The van der Waals surface area contributed by atoms with Gasteiger partial charge in [0.15, 0.2) is 5.75 Å². The van der Waals surface area contributed by atoms with Crippen LogP contribution in [0.2, 0.25) is 5.02 Å². The van der Waals surface area contributed by atoms with Crippen molar-refractivity contribution in [2.24, 2.45) is 4.40 Å². The van der Waals surface area contributed by atoms with Crippen molar-refractivity contribution >= 4 is 28.1 Å². The largest absolute Gasteiger partial charge is 0.428 e. The Bertz CT molecular complexity index is 481. The third kappa shape index (κ3) is 1.66. The molecule has 4 nitrogen and oxygen atoms in total. The van der Waals surface area contributed by atoms with E-state index in [0.29, 0.717) is 10.6 Å². The quantitative estimate of drug-likeness (QED) is 0.660. The molecule has 0 radical (unpaired) electrons. The van der Waals surface area contributed by atoms with E-state index in [2.05, 4.69) is 8.58 Å². The molecule has 0 fully saturated rings. The fraction of sp³-hybridized carbons (Fsp3) is 0. The molecule has 0 spiro atoms. The predicted octanol–water partition coefficient (Wildman–Crippen LogP) is 1.40. The summed E-state index contributed by atoms with van der Waals surface area (Å²) in [6, 6.07) is 4.62. The average Bonchev–Trinajstić information content (AvgIpc) is 2.05. The molecule has 1 aliphatic heterocycles. The molecule has 13 heavy (non-hydrogen) atoms. The van der Waals surface area contributed by atoms with E-state index in [-0.39, 0.29) is 5.75 Å². The topological polar surface area (TPSA) is 55.7 Å². The fourth-order valence-corrected chi connectivity index (χ4v) is 1.80. The molecule has 0 aromatic heterocycles. The zero-order valence-electron chi connectivity index (χ0n) is 6.27. The van der Waals surface area contributed by atoms with Gasteiger partial charge >= 0.3 is 10.3 Å². The Morgan fingerprint density at radius 3 is 2.92 bits per heavy atom. The van der Waals surface area contributed by atoms with Crippen molar-refractivity contribution in [3.63, 3.8) is 0 Å². The zero-order chi connectivity index (χ0) is 9.47. The second-order valence-corrected chi connectivity index (χ2v) is 4.10. The molecule has 68 valence electrons. The minimum Gasteiger partial charge on any atom is -0.365 e. The van der Waals surface area contributed by atoms with E-state index in [4.69, 9.17) is 11.6 Å². The van der Waals surface area contributed by atoms with Gasteiger partial charge in [-0.05, 0) is 18.2 Å². The number of halogens is 1. The Kier molecular flexibility index (Phi) is 1.78. The van der Waals surface area contributed by atoms with E-state index in [1.165, 1.54) is 12.3 Å². The lowest BCUT2D eigenvalue weighted by atomic mass is 10.2. The molecule has 1 aromatic carbocycles. The van der Waals surface area contributed by atoms with E-state index >= 15 is 0 Å². The molecule has 0 N–H and O–H groups in total. The summed E-state index contributed by atoms with van der Waals surface area (Å²) in [6.07, 6.45) is 1.21. The summed E-state index contributed by atoms with van der Waals surface area (Å²) in [5, 5.41) is 0.507. The van der Waals surface area contributed by atoms with Crippen LogP contribution < -0.4 is 4.18 Å². The van der Waals surface area contributed by atoms with Crippen LogP contribution in [0.1, 0.15) is 5.56 Å². The maximum atomic E-state index is 10.8. The summed E-state index contributed by atoms with van der Waals surface area (Å²) in [4.78, 5) is 0. The second-order valence-electron chi connectivity index (χ2n) is 2.43. The highest BCUT2D eigenvalue weighted by Crippen LogP contribution is 2.25. The molecule has 1 aliphatic rings. The standard InChI is InChI=1S/C7H4ClNO3S/c8-6-1-2-7-5(3-6)4-9-13(10,11)12-7/h1-4H. The third-order valence-corrected chi connectivity index (χ3v) is 2.48. The Balaban J connectivity index is 2.59.